The zero-order valence-electron chi connectivity index (χ0n) is 15.5. The highest BCUT2D eigenvalue weighted by Gasteiger charge is 2.15. The van der Waals surface area contributed by atoms with Gasteiger partial charge in [-0.05, 0) is 25.1 Å². The fraction of sp³-hybridized carbons (Fsp3) is 0.250. The Labute approximate surface area is 162 Å². The molecule has 7 heteroatoms. The molecule has 0 unspecified atom stereocenters. The van der Waals surface area contributed by atoms with Crippen molar-refractivity contribution in [2.75, 3.05) is 19.9 Å². The van der Waals surface area contributed by atoms with E-state index >= 15 is 0 Å². The lowest BCUT2D eigenvalue weighted by Crippen LogP contribution is -2.28. The van der Waals surface area contributed by atoms with Crippen LogP contribution in [0.4, 0.5) is 0 Å². The average Bonchev–Trinajstić information content (AvgIpc) is 3.15. The highest BCUT2D eigenvalue weighted by molar-refractivity contribution is 7.99. The number of carbonyl (C=O) groups excluding carboxylic acids is 1. The lowest BCUT2D eigenvalue weighted by molar-refractivity contribution is -0.127. The Morgan fingerprint density at radius 1 is 1.19 bits per heavy atom. The van der Waals surface area contributed by atoms with Crippen LogP contribution in [-0.2, 0) is 11.3 Å². The number of hydrogen-bond donors (Lipinski definition) is 0. The number of amides is 1. The smallest absolute Gasteiger partial charge is 0.277 e. The van der Waals surface area contributed by atoms with Gasteiger partial charge >= 0.3 is 0 Å². The normalized spacial score (nSPS) is 10.6. The van der Waals surface area contributed by atoms with Crippen molar-refractivity contribution in [2.45, 2.75) is 18.7 Å². The second kappa shape index (κ2) is 8.73. The summed E-state index contributed by atoms with van der Waals surface area (Å²) in [5.41, 5.74) is 2.95. The number of ether oxygens (including phenoxy) is 1. The second-order valence-electron chi connectivity index (χ2n) is 6.09. The van der Waals surface area contributed by atoms with Crippen LogP contribution in [0.15, 0.2) is 58.2 Å². The predicted octanol–water partition coefficient (Wildman–Crippen LogP) is 3.80. The van der Waals surface area contributed by atoms with E-state index in [2.05, 4.69) is 10.2 Å². The zero-order chi connectivity index (χ0) is 19.2. The summed E-state index contributed by atoms with van der Waals surface area (Å²) in [6.45, 7) is 2.48. The van der Waals surface area contributed by atoms with Crippen molar-refractivity contribution in [3.63, 3.8) is 0 Å². The molecule has 0 aliphatic carbocycles. The molecule has 0 aliphatic rings. The SMILES string of the molecule is COc1ccccc1CN(C)C(=O)CSc1nnc(-c2cccc(C)c2)o1. The minimum Gasteiger partial charge on any atom is -0.496 e. The highest BCUT2D eigenvalue weighted by atomic mass is 32.2. The molecule has 3 rings (SSSR count). The summed E-state index contributed by atoms with van der Waals surface area (Å²) in [4.78, 5) is 14.1. The van der Waals surface area contributed by atoms with Gasteiger partial charge in [-0.15, -0.1) is 10.2 Å². The number of para-hydroxylation sites is 1. The number of carbonyl (C=O) groups is 1. The quantitative estimate of drug-likeness (QED) is 0.578. The fourth-order valence-electron chi connectivity index (χ4n) is 2.57. The monoisotopic (exact) mass is 383 g/mol. The Morgan fingerprint density at radius 2 is 2.00 bits per heavy atom. The lowest BCUT2D eigenvalue weighted by atomic mass is 10.1. The summed E-state index contributed by atoms with van der Waals surface area (Å²) < 4.78 is 11.0. The van der Waals surface area contributed by atoms with Crippen molar-refractivity contribution in [1.82, 2.24) is 15.1 Å². The van der Waals surface area contributed by atoms with E-state index in [4.69, 9.17) is 9.15 Å². The van der Waals surface area contributed by atoms with Crippen molar-refractivity contribution in [3.8, 4) is 17.2 Å². The Kier molecular flexibility index (Phi) is 6.13. The summed E-state index contributed by atoms with van der Waals surface area (Å²) in [7, 11) is 3.39. The van der Waals surface area contributed by atoms with Crippen molar-refractivity contribution < 1.29 is 13.9 Å². The molecule has 0 aliphatic heterocycles. The Bertz CT molecular complexity index is 926. The van der Waals surface area contributed by atoms with Gasteiger partial charge in [0.15, 0.2) is 0 Å². The van der Waals surface area contributed by atoms with Gasteiger partial charge in [-0.3, -0.25) is 4.79 Å². The molecule has 2 aromatic carbocycles. The highest BCUT2D eigenvalue weighted by Crippen LogP contribution is 2.24. The first-order chi connectivity index (χ1) is 13.1. The van der Waals surface area contributed by atoms with Crippen LogP contribution in [0.2, 0.25) is 0 Å². The zero-order valence-corrected chi connectivity index (χ0v) is 16.3. The maximum absolute atomic E-state index is 12.4. The number of aryl methyl sites for hydroxylation is 1. The molecule has 140 valence electrons. The molecule has 0 N–H and O–H groups in total. The fourth-order valence-corrected chi connectivity index (χ4v) is 3.28. The van der Waals surface area contributed by atoms with Crippen LogP contribution >= 0.6 is 11.8 Å². The predicted molar refractivity (Wildman–Crippen MR) is 105 cm³/mol. The first-order valence-electron chi connectivity index (χ1n) is 8.46. The molecule has 0 saturated heterocycles. The van der Waals surface area contributed by atoms with Gasteiger partial charge in [0, 0.05) is 24.7 Å². The Morgan fingerprint density at radius 3 is 2.78 bits per heavy atom. The van der Waals surface area contributed by atoms with Gasteiger partial charge in [-0.25, -0.2) is 0 Å². The van der Waals surface area contributed by atoms with Crippen LogP contribution in [-0.4, -0.2) is 40.9 Å². The van der Waals surface area contributed by atoms with Crippen molar-refractivity contribution >= 4 is 17.7 Å². The van der Waals surface area contributed by atoms with Crippen molar-refractivity contribution in [2.24, 2.45) is 0 Å². The number of methoxy groups -OCH3 is 1. The molecular weight excluding hydrogens is 362 g/mol. The van der Waals surface area contributed by atoms with Crippen LogP contribution in [0, 0.1) is 6.92 Å². The Balaban J connectivity index is 1.57. The number of nitrogens with zero attached hydrogens (tertiary/aromatic N) is 3. The molecule has 6 nitrogen and oxygen atoms in total. The van der Waals surface area contributed by atoms with Gasteiger partial charge in [0.25, 0.3) is 5.22 Å². The molecule has 1 aromatic heterocycles. The molecule has 27 heavy (non-hydrogen) atoms. The van der Waals surface area contributed by atoms with Crippen LogP contribution in [0.5, 0.6) is 5.75 Å². The first kappa shape index (κ1) is 19.0. The third-order valence-corrected chi connectivity index (χ3v) is 4.82. The molecule has 0 saturated carbocycles. The molecular formula is C20H21N3O3S. The minimum atomic E-state index is -0.0267. The van der Waals surface area contributed by atoms with Gasteiger partial charge in [-0.1, -0.05) is 47.7 Å². The molecule has 0 bridgehead atoms. The average molecular weight is 383 g/mol. The van der Waals surface area contributed by atoms with Crippen LogP contribution in [0.3, 0.4) is 0 Å². The van der Waals surface area contributed by atoms with E-state index in [1.165, 1.54) is 11.8 Å². The van der Waals surface area contributed by atoms with Crippen LogP contribution < -0.4 is 4.74 Å². The van der Waals surface area contributed by atoms with E-state index < -0.39 is 0 Å². The number of rotatable bonds is 7. The summed E-state index contributed by atoms with van der Waals surface area (Å²) >= 11 is 1.23. The van der Waals surface area contributed by atoms with Gasteiger partial charge < -0.3 is 14.1 Å². The second-order valence-corrected chi connectivity index (χ2v) is 7.02. The number of thioether (sulfide) groups is 1. The lowest BCUT2D eigenvalue weighted by Gasteiger charge is -2.18. The number of benzene rings is 2. The van der Waals surface area contributed by atoms with E-state index in [9.17, 15) is 4.79 Å². The summed E-state index contributed by atoms with van der Waals surface area (Å²) in [5.74, 6) is 1.42. The van der Waals surface area contributed by atoms with Gasteiger partial charge in [0.2, 0.25) is 11.8 Å². The van der Waals surface area contributed by atoms with Crippen LogP contribution in [0.1, 0.15) is 11.1 Å². The first-order valence-corrected chi connectivity index (χ1v) is 9.44. The standard InChI is InChI=1S/C20H21N3O3S/c1-14-7-6-9-15(11-14)19-21-22-20(26-19)27-13-18(24)23(2)12-16-8-4-5-10-17(16)25-3/h4-11H,12-13H2,1-3H3. The minimum absolute atomic E-state index is 0.0267. The van der Waals surface area contributed by atoms with E-state index in [1.54, 1.807) is 19.1 Å². The van der Waals surface area contributed by atoms with Crippen molar-refractivity contribution in [1.29, 1.82) is 0 Å². The third kappa shape index (κ3) is 4.89. The van der Waals surface area contributed by atoms with E-state index in [-0.39, 0.29) is 11.7 Å². The maximum atomic E-state index is 12.4. The van der Waals surface area contributed by atoms with E-state index in [0.29, 0.717) is 17.7 Å². The number of hydrogen-bond acceptors (Lipinski definition) is 6. The third-order valence-electron chi connectivity index (χ3n) is 4.02. The van der Waals surface area contributed by atoms with Crippen molar-refractivity contribution in [3.05, 3.63) is 59.7 Å². The van der Waals surface area contributed by atoms with E-state index in [0.717, 1.165) is 22.4 Å². The van der Waals surface area contributed by atoms with Gasteiger partial charge in [0.05, 0.1) is 12.9 Å². The molecule has 3 aromatic rings. The molecule has 0 radical (unpaired) electrons. The summed E-state index contributed by atoms with van der Waals surface area (Å²) in [5, 5.41) is 8.46. The van der Waals surface area contributed by atoms with Gasteiger partial charge in [-0.2, -0.15) is 0 Å². The molecule has 1 heterocycles. The molecule has 0 spiro atoms. The molecule has 0 atom stereocenters. The summed E-state index contributed by atoms with van der Waals surface area (Å²) in [6, 6.07) is 15.5. The topological polar surface area (TPSA) is 68.5 Å². The summed E-state index contributed by atoms with van der Waals surface area (Å²) in [6.07, 6.45) is 0. The molecule has 0 fully saturated rings. The van der Waals surface area contributed by atoms with Crippen LogP contribution in [0.25, 0.3) is 11.5 Å². The van der Waals surface area contributed by atoms with E-state index in [1.807, 2.05) is 55.5 Å². The molecule has 1 amide bonds. The Hall–Kier alpha value is -2.80. The van der Waals surface area contributed by atoms with Gasteiger partial charge in [0.1, 0.15) is 5.75 Å². The number of aromatic nitrogens is 2. The maximum Gasteiger partial charge on any atom is 0.277 e. The largest absolute Gasteiger partial charge is 0.496 e.